The third-order valence-electron chi connectivity index (χ3n) is 7.78. The SMILES string of the molecule is Oc1ccc2c(c1)CCCC(c1cnc3c(c1)C=CC3)=C2c1ccc(O[C@H]2CCN(CCCF)C2)cc1. The van der Waals surface area contributed by atoms with Crippen molar-refractivity contribution in [3.8, 4) is 11.5 Å². The van der Waals surface area contributed by atoms with Gasteiger partial charge >= 0.3 is 0 Å². The molecule has 0 bridgehead atoms. The van der Waals surface area contributed by atoms with E-state index >= 15 is 0 Å². The van der Waals surface area contributed by atoms with Crippen LogP contribution in [0, 0.1) is 0 Å². The number of fused-ring (bicyclic) bond motifs is 2. The normalized spacial score (nSPS) is 19.1. The molecular formula is C32H33FN2O2. The number of benzene rings is 2. The van der Waals surface area contributed by atoms with Crippen LogP contribution in [0.4, 0.5) is 4.39 Å². The Morgan fingerprint density at radius 3 is 2.81 bits per heavy atom. The van der Waals surface area contributed by atoms with Gasteiger partial charge in [-0.3, -0.25) is 14.3 Å². The number of alkyl halides is 1. The van der Waals surface area contributed by atoms with Gasteiger partial charge in [-0.2, -0.15) is 0 Å². The Morgan fingerprint density at radius 1 is 1.05 bits per heavy atom. The lowest BCUT2D eigenvalue weighted by molar-refractivity contribution is 0.198. The third-order valence-corrected chi connectivity index (χ3v) is 7.78. The Morgan fingerprint density at radius 2 is 1.95 bits per heavy atom. The van der Waals surface area contributed by atoms with Crippen LogP contribution in [0.1, 0.15) is 59.2 Å². The molecule has 1 aliphatic heterocycles. The van der Waals surface area contributed by atoms with Gasteiger partial charge in [0.15, 0.2) is 0 Å². The summed E-state index contributed by atoms with van der Waals surface area (Å²) in [7, 11) is 0. The highest BCUT2D eigenvalue weighted by atomic mass is 19.1. The largest absolute Gasteiger partial charge is 0.508 e. The summed E-state index contributed by atoms with van der Waals surface area (Å²) in [5.41, 5.74) is 9.52. The number of allylic oxidation sites excluding steroid dienone is 2. The first-order chi connectivity index (χ1) is 18.2. The highest BCUT2D eigenvalue weighted by Crippen LogP contribution is 2.41. The molecule has 0 spiro atoms. The van der Waals surface area contributed by atoms with E-state index in [0.717, 1.165) is 68.7 Å². The Bertz CT molecular complexity index is 1350. The molecule has 0 amide bonds. The lowest BCUT2D eigenvalue weighted by Gasteiger charge is -2.19. The van der Waals surface area contributed by atoms with E-state index in [-0.39, 0.29) is 12.8 Å². The Balaban J connectivity index is 1.34. The molecule has 1 atom stereocenters. The molecule has 1 N–H and O–H groups in total. The molecule has 2 heterocycles. The van der Waals surface area contributed by atoms with Crippen LogP contribution in [0.25, 0.3) is 17.2 Å². The molecule has 3 aliphatic rings. The Hall–Kier alpha value is -3.44. The second-order valence-electron chi connectivity index (χ2n) is 10.3. The molecule has 190 valence electrons. The van der Waals surface area contributed by atoms with Crippen molar-refractivity contribution in [2.75, 3.05) is 26.3 Å². The van der Waals surface area contributed by atoms with E-state index in [0.29, 0.717) is 12.2 Å². The number of pyridine rings is 1. The van der Waals surface area contributed by atoms with Crippen LogP contribution < -0.4 is 4.74 Å². The maximum Gasteiger partial charge on any atom is 0.119 e. The zero-order valence-electron chi connectivity index (χ0n) is 21.1. The fourth-order valence-corrected chi connectivity index (χ4v) is 5.95. The molecule has 1 saturated heterocycles. The van der Waals surface area contributed by atoms with E-state index in [1.807, 2.05) is 12.3 Å². The van der Waals surface area contributed by atoms with Crippen LogP contribution in [0.2, 0.25) is 0 Å². The predicted octanol–water partition coefficient (Wildman–Crippen LogP) is 6.46. The Kier molecular flexibility index (Phi) is 6.79. The monoisotopic (exact) mass is 496 g/mol. The van der Waals surface area contributed by atoms with Crippen LogP contribution in [-0.2, 0) is 12.8 Å². The van der Waals surface area contributed by atoms with Crippen molar-refractivity contribution in [2.45, 2.75) is 44.6 Å². The number of phenolic OH excluding ortho intramolecular Hbond substituents is 1. The number of rotatable bonds is 7. The van der Waals surface area contributed by atoms with Gasteiger partial charge in [0, 0.05) is 32.3 Å². The van der Waals surface area contributed by atoms with Crippen molar-refractivity contribution in [3.63, 3.8) is 0 Å². The molecule has 5 heteroatoms. The predicted molar refractivity (Wildman–Crippen MR) is 146 cm³/mol. The molecule has 1 aromatic heterocycles. The smallest absolute Gasteiger partial charge is 0.119 e. The maximum absolute atomic E-state index is 12.5. The van der Waals surface area contributed by atoms with Gasteiger partial charge in [-0.1, -0.05) is 30.4 Å². The van der Waals surface area contributed by atoms with Crippen molar-refractivity contribution in [2.24, 2.45) is 0 Å². The standard InChI is InChI=1S/C32H33FN2O2/c33-15-3-16-35-17-14-28(21-35)37-27-11-8-22(9-12-27)32-29(25-18-24-5-2-7-31(24)34-20-25)6-1-4-23-19-26(36)10-13-30(23)32/h2,5,8-13,18-20,28,36H,1,3-4,6-7,14-17,21H2/t28-/m0/s1. The van der Waals surface area contributed by atoms with Crippen molar-refractivity contribution in [1.82, 2.24) is 9.88 Å². The second kappa shape index (κ2) is 10.5. The van der Waals surface area contributed by atoms with Crippen molar-refractivity contribution < 1.29 is 14.2 Å². The minimum absolute atomic E-state index is 0.146. The van der Waals surface area contributed by atoms with Crippen LogP contribution in [0.3, 0.4) is 0 Å². The van der Waals surface area contributed by atoms with E-state index in [2.05, 4.69) is 53.5 Å². The van der Waals surface area contributed by atoms with E-state index in [4.69, 9.17) is 9.72 Å². The van der Waals surface area contributed by atoms with Gasteiger partial charge < -0.3 is 9.84 Å². The molecule has 4 nitrogen and oxygen atoms in total. The number of aromatic nitrogens is 1. The molecule has 0 saturated carbocycles. The molecule has 37 heavy (non-hydrogen) atoms. The first-order valence-electron chi connectivity index (χ1n) is 13.4. The van der Waals surface area contributed by atoms with Crippen LogP contribution in [-0.4, -0.2) is 47.4 Å². The number of hydrogen-bond donors (Lipinski definition) is 1. The summed E-state index contributed by atoms with van der Waals surface area (Å²) in [6.45, 7) is 2.36. The molecule has 3 aromatic rings. The van der Waals surface area contributed by atoms with Crippen molar-refractivity contribution in [1.29, 1.82) is 0 Å². The summed E-state index contributed by atoms with van der Waals surface area (Å²) in [5, 5.41) is 10.2. The number of halogens is 1. The topological polar surface area (TPSA) is 45.6 Å². The van der Waals surface area contributed by atoms with Crippen LogP contribution in [0.15, 0.2) is 60.8 Å². The first kappa shape index (κ1) is 23.9. The zero-order valence-corrected chi connectivity index (χ0v) is 21.1. The van der Waals surface area contributed by atoms with Gasteiger partial charge in [-0.05, 0) is 101 Å². The summed E-state index contributed by atoms with van der Waals surface area (Å²) in [6.07, 6.45) is 11.9. The van der Waals surface area contributed by atoms with E-state index in [9.17, 15) is 9.50 Å². The van der Waals surface area contributed by atoms with Gasteiger partial charge in [0.2, 0.25) is 0 Å². The Labute approximate surface area is 218 Å². The second-order valence-corrected chi connectivity index (χ2v) is 10.3. The maximum atomic E-state index is 12.5. The fraction of sp³-hybridized carbons (Fsp3) is 0.344. The summed E-state index contributed by atoms with van der Waals surface area (Å²) in [6, 6.07) is 16.5. The molecule has 0 unspecified atom stereocenters. The van der Waals surface area contributed by atoms with E-state index in [1.165, 1.54) is 33.4 Å². The summed E-state index contributed by atoms with van der Waals surface area (Å²) >= 11 is 0. The highest BCUT2D eigenvalue weighted by Gasteiger charge is 2.24. The van der Waals surface area contributed by atoms with Gasteiger partial charge in [0.1, 0.15) is 17.6 Å². The number of aryl methyl sites for hydroxylation is 1. The molecule has 1 fully saturated rings. The minimum atomic E-state index is -0.262. The third kappa shape index (κ3) is 5.05. The minimum Gasteiger partial charge on any atom is -0.508 e. The average molecular weight is 497 g/mol. The first-order valence-corrected chi connectivity index (χ1v) is 13.4. The average Bonchev–Trinajstić information content (AvgIpc) is 3.53. The van der Waals surface area contributed by atoms with Gasteiger partial charge in [-0.15, -0.1) is 0 Å². The molecule has 2 aromatic carbocycles. The quantitative estimate of drug-likeness (QED) is 0.408. The fourth-order valence-electron chi connectivity index (χ4n) is 5.95. The van der Waals surface area contributed by atoms with E-state index in [1.54, 1.807) is 6.07 Å². The lowest BCUT2D eigenvalue weighted by atomic mass is 9.88. The molecule has 6 rings (SSSR count). The van der Waals surface area contributed by atoms with Gasteiger partial charge in [-0.25, -0.2) is 0 Å². The number of ether oxygens (including phenoxy) is 1. The van der Waals surface area contributed by atoms with Crippen LogP contribution in [0.5, 0.6) is 11.5 Å². The summed E-state index contributed by atoms with van der Waals surface area (Å²) < 4.78 is 18.8. The van der Waals surface area contributed by atoms with Crippen LogP contribution >= 0.6 is 0 Å². The summed E-state index contributed by atoms with van der Waals surface area (Å²) in [5.74, 6) is 1.18. The lowest BCUT2D eigenvalue weighted by Crippen LogP contribution is -2.26. The van der Waals surface area contributed by atoms with Crippen molar-refractivity contribution in [3.05, 3.63) is 94.3 Å². The molecular weight excluding hydrogens is 463 g/mol. The summed E-state index contributed by atoms with van der Waals surface area (Å²) in [4.78, 5) is 7.06. The number of phenols is 1. The molecule has 0 radical (unpaired) electrons. The van der Waals surface area contributed by atoms with Gasteiger partial charge in [0.05, 0.1) is 12.4 Å². The number of nitrogens with zero attached hydrogens (tertiary/aromatic N) is 2. The van der Waals surface area contributed by atoms with Gasteiger partial charge in [0.25, 0.3) is 0 Å². The molecule has 2 aliphatic carbocycles. The highest BCUT2D eigenvalue weighted by molar-refractivity contribution is 6.00. The number of aromatic hydroxyl groups is 1. The number of hydrogen-bond acceptors (Lipinski definition) is 4. The van der Waals surface area contributed by atoms with Crippen molar-refractivity contribution >= 4 is 17.2 Å². The van der Waals surface area contributed by atoms with E-state index < -0.39 is 0 Å². The number of likely N-dealkylation sites (tertiary alicyclic amines) is 1. The zero-order chi connectivity index (χ0) is 25.2.